The van der Waals surface area contributed by atoms with Gasteiger partial charge in [-0.1, -0.05) is 66.7 Å². The van der Waals surface area contributed by atoms with Crippen LogP contribution in [0.4, 0.5) is 17.6 Å². The summed E-state index contributed by atoms with van der Waals surface area (Å²) in [5.74, 6) is 1.08. The van der Waals surface area contributed by atoms with Crippen LogP contribution >= 0.6 is 0 Å². The van der Waals surface area contributed by atoms with Crippen LogP contribution in [0.3, 0.4) is 0 Å². The van der Waals surface area contributed by atoms with Gasteiger partial charge in [-0.3, -0.25) is 0 Å². The third kappa shape index (κ3) is 4.60. The highest BCUT2D eigenvalue weighted by Crippen LogP contribution is 2.27. The summed E-state index contributed by atoms with van der Waals surface area (Å²) in [5.41, 5.74) is 6.70. The molecule has 0 saturated heterocycles. The third-order valence-electron chi connectivity index (χ3n) is 6.02. The van der Waals surface area contributed by atoms with Crippen LogP contribution < -0.4 is 10.7 Å². The van der Waals surface area contributed by atoms with Crippen molar-refractivity contribution >= 4 is 45.3 Å². The molecule has 0 atom stereocenters. The number of aromatic nitrogens is 5. The van der Waals surface area contributed by atoms with Crippen LogP contribution in [0.15, 0.2) is 96.1 Å². The highest BCUT2D eigenvalue weighted by atomic mass is 15.4. The molecule has 2 aromatic heterocycles. The number of fused-ring (bicyclic) bond motifs is 2. The van der Waals surface area contributed by atoms with Crippen molar-refractivity contribution in [3.63, 3.8) is 0 Å². The molecule has 0 radical (unpaired) electrons. The summed E-state index contributed by atoms with van der Waals surface area (Å²) < 4.78 is 1.69. The van der Waals surface area contributed by atoms with E-state index in [2.05, 4.69) is 66.2 Å². The molecular weight excluding hydrogens is 460 g/mol. The average molecular weight is 485 g/mol. The van der Waals surface area contributed by atoms with Gasteiger partial charge in [0, 0.05) is 16.9 Å². The molecule has 0 unspecified atom stereocenters. The Bertz CT molecular complexity index is 1700. The van der Waals surface area contributed by atoms with Gasteiger partial charge in [-0.15, -0.1) is 0 Å². The molecule has 0 bridgehead atoms. The van der Waals surface area contributed by atoms with E-state index in [1.165, 1.54) is 0 Å². The lowest BCUT2D eigenvalue weighted by molar-refractivity contribution is 0.767. The lowest BCUT2D eigenvalue weighted by atomic mass is 9.97. The molecule has 8 heteroatoms. The molecule has 0 aliphatic heterocycles. The molecule has 2 heterocycles. The lowest BCUT2D eigenvalue weighted by Gasteiger charge is -2.10. The second-order valence-corrected chi connectivity index (χ2v) is 8.72. The van der Waals surface area contributed by atoms with E-state index in [1.807, 2.05) is 80.7 Å². The van der Waals surface area contributed by atoms with Crippen molar-refractivity contribution in [3.05, 3.63) is 108 Å². The number of aryl methyl sites for hydroxylation is 2. The Hall–Kier alpha value is -5.11. The van der Waals surface area contributed by atoms with E-state index in [-0.39, 0.29) is 0 Å². The lowest BCUT2D eigenvalue weighted by Crippen LogP contribution is -2.11. The van der Waals surface area contributed by atoms with Crippen molar-refractivity contribution in [2.45, 2.75) is 13.8 Å². The summed E-state index contributed by atoms with van der Waals surface area (Å²) in [6.45, 7) is 3.90. The fourth-order valence-electron chi connectivity index (χ4n) is 4.39. The standard InChI is InChI=1S/C29H24N8/c1-19-16-20(2)37(36-19)29-33-27(31-23-12-4-3-5-13-23)32-28(34-29)35-30-18-26-24-14-8-6-10-21(24)17-22-11-7-9-15-25(22)26/h3-18H,1-2H3,(H2,31,32,33,34,35)/b30-18+. The minimum absolute atomic E-state index is 0.303. The van der Waals surface area contributed by atoms with Crippen molar-refractivity contribution in [3.8, 4) is 5.95 Å². The summed E-state index contributed by atoms with van der Waals surface area (Å²) in [6, 6.07) is 30.5. The second kappa shape index (κ2) is 9.50. The maximum atomic E-state index is 4.60. The van der Waals surface area contributed by atoms with Crippen molar-refractivity contribution in [1.82, 2.24) is 24.7 Å². The van der Waals surface area contributed by atoms with E-state index in [4.69, 9.17) is 0 Å². The molecule has 0 aliphatic rings. The van der Waals surface area contributed by atoms with Gasteiger partial charge in [0.1, 0.15) is 0 Å². The van der Waals surface area contributed by atoms with Crippen LogP contribution in [-0.2, 0) is 0 Å². The molecule has 0 aliphatic carbocycles. The summed E-state index contributed by atoms with van der Waals surface area (Å²) in [4.78, 5) is 13.7. The summed E-state index contributed by atoms with van der Waals surface area (Å²) in [7, 11) is 0. The van der Waals surface area contributed by atoms with E-state index >= 15 is 0 Å². The Kier molecular flexibility index (Phi) is 5.74. The maximum Gasteiger partial charge on any atom is 0.257 e. The van der Waals surface area contributed by atoms with Gasteiger partial charge in [-0.05, 0) is 59.7 Å². The van der Waals surface area contributed by atoms with Crippen LogP contribution in [0.25, 0.3) is 27.5 Å². The third-order valence-corrected chi connectivity index (χ3v) is 6.02. The molecule has 37 heavy (non-hydrogen) atoms. The first-order valence-electron chi connectivity index (χ1n) is 12.0. The van der Waals surface area contributed by atoms with Crippen LogP contribution in [0.2, 0.25) is 0 Å². The van der Waals surface area contributed by atoms with Gasteiger partial charge in [-0.25, -0.2) is 10.1 Å². The number of hydrogen-bond acceptors (Lipinski definition) is 7. The number of hydrogen-bond donors (Lipinski definition) is 2. The Morgan fingerprint density at radius 2 is 1.38 bits per heavy atom. The number of para-hydroxylation sites is 1. The van der Waals surface area contributed by atoms with Crippen LogP contribution in [0.1, 0.15) is 17.0 Å². The van der Waals surface area contributed by atoms with E-state index in [1.54, 1.807) is 4.68 Å². The molecule has 2 N–H and O–H groups in total. The summed E-state index contributed by atoms with van der Waals surface area (Å²) in [5, 5.41) is 16.9. The fourth-order valence-corrected chi connectivity index (χ4v) is 4.39. The molecule has 180 valence electrons. The van der Waals surface area contributed by atoms with Crippen LogP contribution in [-0.4, -0.2) is 30.9 Å². The molecular formula is C29H24N8. The van der Waals surface area contributed by atoms with Gasteiger partial charge in [0.2, 0.25) is 11.9 Å². The van der Waals surface area contributed by atoms with Crippen molar-refractivity contribution in [2.24, 2.45) is 5.10 Å². The molecule has 8 nitrogen and oxygen atoms in total. The first-order chi connectivity index (χ1) is 18.1. The van der Waals surface area contributed by atoms with Gasteiger partial charge in [0.25, 0.3) is 5.95 Å². The minimum Gasteiger partial charge on any atom is -0.324 e. The van der Waals surface area contributed by atoms with Gasteiger partial charge in [0.05, 0.1) is 11.9 Å². The number of hydrazone groups is 1. The van der Waals surface area contributed by atoms with Crippen molar-refractivity contribution in [1.29, 1.82) is 0 Å². The average Bonchev–Trinajstić information content (AvgIpc) is 3.26. The Labute approximate surface area is 213 Å². The van der Waals surface area contributed by atoms with E-state index in [9.17, 15) is 0 Å². The zero-order valence-corrected chi connectivity index (χ0v) is 20.4. The Balaban J connectivity index is 1.39. The highest BCUT2D eigenvalue weighted by Gasteiger charge is 2.12. The van der Waals surface area contributed by atoms with Crippen LogP contribution in [0.5, 0.6) is 0 Å². The van der Waals surface area contributed by atoms with Gasteiger partial charge in [0.15, 0.2) is 0 Å². The fraction of sp³-hybridized carbons (Fsp3) is 0.0690. The maximum absolute atomic E-state index is 4.60. The normalized spacial score (nSPS) is 11.4. The summed E-state index contributed by atoms with van der Waals surface area (Å²) in [6.07, 6.45) is 1.82. The smallest absolute Gasteiger partial charge is 0.257 e. The summed E-state index contributed by atoms with van der Waals surface area (Å²) >= 11 is 0. The SMILES string of the molecule is Cc1cc(C)n(-c2nc(N/N=C/c3c4ccccc4cc4ccccc34)nc(Nc3ccccc3)n2)n1. The van der Waals surface area contributed by atoms with Gasteiger partial charge in [-0.2, -0.15) is 25.2 Å². The number of nitrogens with one attached hydrogen (secondary N) is 2. The molecule has 6 rings (SSSR count). The first-order valence-corrected chi connectivity index (χ1v) is 12.0. The molecule has 0 spiro atoms. The Morgan fingerprint density at radius 1 is 0.730 bits per heavy atom. The van der Waals surface area contributed by atoms with Gasteiger partial charge < -0.3 is 5.32 Å². The molecule has 0 amide bonds. The second-order valence-electron chi connectivity index (χ2n) is 8.72. The highest BCUT2D eigenvalue weighted by molar-refractivity contribution is 6.13. The monoisotopic (exact) mass is 484 g/mol. The van der Waals surface area contributed by atoms with Gasteiger partial charge >= 0.3 is 0 Å². The molecule has 6 aromatic rings. The first kappa shape index (κ1) is 22.4. The number of nitrogens with zero attached hydrogens (tertiary/aromatic N) is 6. The molecule has 4 aromatic carbocycles. The quantitative estimate of drug-likeness (QED) is 0.167. The molecule has 0 saturated carbocycles. The number of benzene rings is 4. The predicted molar refractivity (Wildman–Crippen MR) is 149 cm³/mol. The largest absolute Gasteiger partial charge is 0.324 e. The molecule has 0 fully saturated rings. The van der Waals surface area contributed by atoms with Crippen LogP contribution in [0, 0.1) is 13.8 Å². The minimum atomic E-state index is 0.303. The zero-order valence-electron chi connectivity index (χ0n) is 20.4. The van der Waals surface area contributed by atoms with Crippen molar-refractivity contribution < 1.29 is 0 Å². The Morgan fingerprint density at radius 3 is 2.05 bits per heavy atom. The number of anilines is 3. The van der Waals surface area contributed by atoms with E-state index in [0.29, 0.717) is 17.8 Å². The number of rotatable bonds is 6. The topological polar surface area (TPSA) is 92.9 Å². The zero-order chi connectivity index (χ0) is 25.2. The van der Waals surface area contributed by atoms with Crippen molar-refractivity contribution in [2.75, 3.05) is 10.7 Å². The van der Waals surface area contributed by atoms with E-state index < -0.39 is 0 Å². The predicted octanol–water partition coefficient (Wildman–Crippen LogP) is 6.17. The van der Waals surface area contributed by atoms with E-state index in [0.717, 1.165) is 44.2 Å².